The van der Waals surface area contributed by atoms with Crippen LogP contribution in [0.1, 0.15) is 150 Å². The molecule has 28 nitrogen and oxygen atoms in total. The van der Waals surface area contributed by atoms with Gasteiger partial charge in [0.25, 0.3) is 0 Å². The van der Waals surface area contributed by atoms with Gasteiger partial charge in [0.05, 0.1) is 96.5 Å². The number of hydrogen-bond donors (Lipinski definition) is 3. The number of nitrogens with zero attached hydrogens (tertiary/aromatic N) is 18. The fraction of sp³-hybridized carbons (Fsp3) is 0.530. The molecule has 3 N–H and O–H groups in total. The summed E-state index contributed by atoms with van der Waals surface area (Å²) in [6.45, 7) is 16.5. The van der Waals surface area contributed by atoms with Crippen LogP contribution in [0, 0.1) is 53.3 Å². The summed E-state index contributed by atoms with van der Waals surface area (Å²) in [6, 6.07) is 11.2. The van der Waals surface area contributed by atoms with E-state index >= 15 is 0 Å². The first-order valence-corrected chi connectivity index (χ1v) is 42.4. The van der Waals surface area contributed by atoms with Gasteiger partial charge in [-0.3, -0.25) is 43.5 Å². The van der Waals surface area contributed by atoms with Crippen LogP contribution < -0.4 is 32.0 Å². The molecular formula is C83H93Cl3F3N21O7. The molecule has 0 radical (unpaired) electrons. The maximum atomic E-state index is 13.8. The summed E-state index contributed by atoms with van der Waals surface area (Å²) in [6.07, 6.45) is 26.7. The molecule has 614 valence electrons. The number of hydrogen-bond acceptors (Lipinski definition) is 22. The van der Waals surface area contributed by atoms with Gasteiger partial charge in [0.1, 0.15) is 17.1 Å². The van der Waals surface area contributed by atoms with Crippen LogP contribution in [-0.2, 0) is 24.4 Å². The molecule has 0 amide bonds. The van der Waals surface area contributed by atoms with Crippen molar-refractivity contribution in [2.45, 2.75) is 200 Å². The molecule has 12 aromatic heterocycles. The third-order valence-corrected chi connectivity index (χ3v) is 26.4. The van der Waals surface area contributed by atoms with E-state index < -0.39 is 41.3 Å². The number of anilines is 3. The molecule has 3 saturated heterocycles. The zero-order valence-electron chi connectivity index (χ0n) is 65.8. The van der Waals surface area contributed by atoms with E-state index in [4.69, 9.17) is 83.0 Å². The van der Waals surface area contributed by atoms with Crippen molar-refractivity contribution in [3.63, 3.8) is 0 Å². The van der Waals surface area contributed by atoms with Crippen LogP contribution in [0.15, 0.2) is 102 Å². The largest absolute Gasteiger partial charge is 0.439 e. The fourth-order valence-corrected chi connectivity index (χ4v) is 20.4. The molecule has 7 atom stereocenters. The summed E-state index contributed by atoms with van der Waals surface area (Å²) in [7, 11) is 0. The van der Waals surface area contributed by atoms with Crippen molar-refractivity contribution >= 4 is 85.7 Å². The van der Waals surface area contributed by atoms with Gasteiger partial charge in [-0.1, -0.05) is 116 Å². The third kappa shape index (κ3) is 16.0. The molecule has 5 aliphatic carbocycles. The van der Waals surface area contributed by atoms with Crippen molar-refractivity contribution in [2.75, 3.05) is 41.0 Å². The molecule has 34 heteroatoms. The Balaban J connectivity index is 0.000000121. The number of aromatic amines is 3. The SMILES string of the molecule is CC1CCC(Cn2c(N3CCC4C3C4C(F)(F)F)nc3cc(-c4noc(=O)[nH]4)nc(-c4cncc(Cl)c4)c32)CC1.CC1CCC(Cn2c(N3CCCC4CCCC43)nc3cc(-c4noc(=O)[nH]4)nc(-c4cncc(Cl)c4)c32)CC1.CC1CCC(Cn2c(N3[C@@H](C)COC[C@@H]3C)nc3cc(-c4noc(=O)[nH]4)nc(-c4cncc(Cl)c4)c32)CC1. The Hall–Kier alpha value is -9.85. The van der Waals surface area contributed by atoms with E-state index in [1.807, 2.05) is 29.2 Å². The molecule has 15 heterocycles. The first kappa shape index (κ1) is 78.3. The monoisotopic (exact) mass is 1660 g/mol. The average Bonchev–Trinajstić information content (AvgIpc) is 1.52. The highest BCUT2D eigenvalue weighted by molar-refractivity contribution is 6.31. The number of piperidine rings is 2. The molecule has 3 aliphatic heterocycles. The highest BCUT2D eigenvalue weighted by Crippen LogP contribution is 2.59. The van der Waals surface area contributed by atoms with Gasteiger partial charge in [-0.2, -0.15) is 13.2 Å². The van der Waals surface area contributed by atoms with Crippen LogP contribution in [0.2, 0.25) is 15.1 Å². The maximum absolute atomic E-state index is 13.8. The predicted molar refractivity (Wildman–Crippen MR) is 438 cm³/mol. The van der Waals surface area contributed by atoms with Gasteiger partial charge >= 0.3 is 23.4 Å². The summed E-state index contributed by atoms with van der Waals surface area (Å²) in [5, 5.41) is 13.1. The summed E-state index contributed by atoms with van der Waals surface area (Å²) in [4.78, 5) is 93.0. The lowest BCUT2D eigenvalue weighted by molar-refractivity contribution is -0.153. The number of H-pyrrole nitrogens is 3. The fourth-order valence-electron chi connectivity index (χ4n) is 19.8. The predicted octanol–water partition coefficient (Wildman–Crippen LogP) is 16.7. The van der Waals surface area contributed by atoms with Crippen molar-refractivity contribution in [3.05, 3.63) is 120 Å². The summed E-state index contributed by atoms with van der Waals surface area (Å²) < 4.78 is 68.4. The van der Waals surface area contributed by atoms with Gasteiger partial charge < -0.3 is 33.1 Å². The zero-order chi connectivity index (χ0) is 80.7. The van der Waals surface area contributed by atoms with E-state index in [0.29, 0.717) is 129 Å². The van der Waals surface area contributed by atoms with Crippen LogP contribution >= 0.6 is 34.8 Å². The lowest BCUT2D eigenvalue weighted by atomic mass is 9.83. The molecule has 8 aliphatic rings. The molecule has 0 aromatic carbocycles. The number of imidazole rings is 3. The molecule has 5 saturated carbocycles. The lowest BCUT2D eigenvalue weighted by Crippen LogP contribution is -2.51. The topological polar surface area (TPSA) is 326 Å². The Labute approximate surface area is 685 Å². The first-order chi connectivity index (χ1) is 56.6. The van der Waals surface area contributed by atoms with Gasteiger partial charge in [0.2, 0.25) is 35.3 Å². The second-order valence-corrected chi connectivity index (χ2v) is 35.4. The number of rotatable bonds is 15. The number of ether oxygens (including phenoxy) is 1. The van der Waals surface area contributed by atoms with Gasteiger partial charge in [-0.25, -0.2) is 44.3 Å². The number of fused-ring (bicyclic) bond motifs is 5. The van der Waals surface area contributed by atoms with Crippen LogP contribution in [0.25, 0.3) is 101 Å². The number of pyridine rings is 6. The highest BCUT2D eigenvalue weighted by atomic mass is 35.5. The Kier molecular flexibility index (Phi) is 21.7. The minimum atomic E-state index is -4.24. The van der Waals surface area contributed by atoms with Crippen molar-refractivity contribution in [1.29, 1.82) is 0 Å². The van der Waals surface area contributed by atoms with Gasteiger partial charge in [0, 0.05) is 98.7 Å². The molecule has 0 spiro atoms. The normalized spacial score (nSPS) is 25.4. The van der Waals surface area contributed by atoms with Crippen molar-refractivity contribution in [3.8, 4) is 68.3 Å². The molecule has 0 bridgehead atoms. The number of halogens is 6. The highest BCUT2D eigenvalue weighted by Gasteiger charge is 2.69. The number of alkyl halides is 3. The second kappa shape index (κ2) is 32.5. The van der Waals surface area contributed by atoms with Gasteiger partial charge in [0.15, 0.2) is 0 Å². The summed E-state index contributed by atoms with van der Waals surface area (Å²) >= 11 is 19.1. The van der Waals surface area contributed by atoms with Crippen LogP contribution in [0.5, 0.6) is 0 Å². The average molecular weight is 1660 g/mol. The van der Waals surface area contributed by atoms with E-state index in [2.05, 4.69) is 103 Å². The van der Waals surface area contributed by atoms with E-state index in [-0.39, 0.29) is 29.6 Å². The van der Waals surface area contributed by atoms with Crippen LogP contribution in [-0.4, -0.2) is 146 Å². The number of aromatic nitrogens is 18. The van der Waals surface area contributed by atoms with E-state index in [0.717, 1.165) is 114 Å². The Morgan fingerprint density at radius 1 is 0.444 bits per heavy atom. The summed E-state index contributed by atoms with van der Waals surface area (Å²) in [5.74, 6) is 3.89. The third-order valence-electron chi connectivity index (χ3n) is 25.8. The molecule has 117 heavy (non-hydrogen) atoms. The van der Waals surface area contributed by atoms with Gasteiger partial charge in [-0.05, 0) is 168 Å². The van der Waals surface area contributed by atoms with E-state index in [9.17, 15) is 27.6 Å². The zero-order valence-corrected chi connectivity index (χ0v) is 68.1. The standard InChI is InChI=1S/C29H34ClN7O2.C27H27ClF3N7O2.C27H32ClN7O3/c1-17-7-9-18(10-8-17)16-37-26-22(33-28(37)36-11-3-5-19-4-2-6-24(19)36)13-23(27-34-29(38)39-35-27)32-25(26)20-12-21(30)15-31-14-20;1-13-2-4-14(5-3-13)12-38-23-18(34-25(38)37-7-6-17-20(22(17)37)27(29,30)31)9-19(24-35-26(39)40-36-24)33-21(23)15-8-16(28)11-32-10-15;1-15-4-6-18(7-5-15)12-34-24-21(31-26(34)35-16(2)13-37-14-17(35)3)9-22(25-32-27(36)38-33-25)30-23(24)19-8-20(28)11-29-10-19/h12-15,17-19,24H,2-11,16H2,1H3,(H,34,35,38);8-11,13-14,17,20,22H,2-7,12H2,1H3,(H,35,36,39);8-11,15-18H,4-7,12-14H2,1-3H3,(H,32,33,36)/t;;15?,16-,17-,18?/m..0/s1. The second-order valence-electron chi connectivity index (χ2n) is 34.1. The first-order valence-electron chi connectivity index (χ1n) is 41.3. The van der Waals surface area contributed by atoms with E-state index in [1.165, 1.54) is 89.7 Å². The van der Waals surface area contributed by atoms with Crippen LogP contribution in [0.3, 0.4) is 0 Å². The van der Waals surface area contributed by atoms with Crippen molar-refractivity contribution < 1.29 is 31.5 Å². The molecule has 20 rings (SSSR count). The minimum Gasteiger partial charge on any atom is -0.377 e. The molecule has 8 fully saturated rings. The molecule has 5 unspecified atom stereocenters. The quantitative estimate of drug-likeness (QED) is 0.0858. The van der Waals surface area contributed by atoms with E-state index in [1.54, 1.807) is 43.1 Å². The maximum Gasteiger partial charge on any atom is 0.439 e. The molecule has 12 aromatic rings. The molecular weight excluding hydrogens is 1570 g/mol. The number of nitrogens with one attached hydrogen (secondary N) is 3. The minimum absolute atomic E-state index is 0.126. The van der Waals surface area contributed by atoms with Gasteiger partial charge in [-0.15, -0.1) is 0 Å². The number of morpholine rings is 1. The Bertz CT molecular complexity index is 5800. The van der Waals surface area contributed by atoms with Crippen molar-refractivity contribution in [2.24, 2.45) is 53.3 Å². The summed E-state index contributed by atoms with van der Waals surface area (Å²) in [5.41, 5.74) is 10.1. The van der Waals surface area contributed by atoms with Crippen molar-refractivity contribution in [1.82, 2.24) is 89.0 Å². The Morgan fingerprint density at radius 2 is 0.829 bits per heavy atom. The Morgan fingerprint density at radius 3 is 1.21 bits per heavy atom. The lowest BCUT2D eigenvalue weighted by Gasteiger charge is -2.40. The van der Waals surface area contributed by atoms with Crippen LogP contribution in [0.4, 0.5) is 31.0 Å². The smallest absolute Gasteiger partial charge is 0.377 e.